The quantitative estimate of drug-likeness (QED) is 0.599. The van der Waals surface area contributed by atoms with Crippen LogP contribution in [0.3, 0.4) is 0 Å². The van der Waals surface area contributed by atoms with Crippen LogP contribution in [0.4, 0.5) is 0 Å². The molecule has 0 spiro atoms. The summed E-state index contributed by atoms with van der Waals surface area (Å²) in [5.74, 6) is 2.57. The monoisotopic (exact) mass is 182 g/mol. The maximum absolute atomic E-state index is 5.36. The molecule has 1 aliphatic heterocycles. The van der Waals surface area contributed by atoms with Gasteiger partial charge in [-0.2, -0.15) is 0 Å². The van der Waals surface area contributed by atoms with Gasteiger partial charge in [-0.1, -0.05) is 5.92 Å². The molecule has 0 saturated carbocycles. The number of rotatable bonds is 4. The molecule has 0 radical (unpaired) electrons. The minimum absolute atomic E-state index is 0.454. The second-order valence-electron chi connectivity index (χ2n) is 3.45. The fraction of sp³-hybridized carbons (Fsp3) is 0.800. The van der Waals surface area contributed by atoms with E-state index in [1.54, 1.807) is 0 Å². The molecule has 1 saturated heterocycles. The van der Waals surface area contributed by atoms with Gasteiger partial charge in [-0.3, -0.25) is 0 Å². The van der Waals surface area contributed by atoms with Crippen LogP contribution in [-0.4, -0.2) is 38.4 Å². The summed E-state index contributed by atoms with van der Waals surface area (Å²) in [5.41, 5.74) is 0. The lowest BCUT2D eigenvalue weighted by Gasteiger charge is -2.26. The number of hydrogen-bond donors (Lipinski definition) is 2. The predicted molar refractivity (Wildman–Crippen MR) is 53.5 cm³/mol. The Morgan fingerprint density at radius 2 is 2.62 bits per heavy atom. The second kappa shape index (κ2) is 5.98. The fourth-order valence-electron chi connectivity index (χ4n) is 1.51. The average molecular weight is 182 g/mol. The van der Waals surface area contributed by atoms with Gasteiger partial charge in [-0.25, -0.2) is 0 Å². The molecule has 1 heterocycles. The predicted octanol–water partition coefficient (Wildman–Crippen LogP) is -0.0238. The molecule has 2 atom stereocenters. The third-order valence-electron chi connectivity index (χ3n) is 2.19. The molecule has 0 aliphatic carbocycles. The lowest BCUT2D eigenvalue weighted by molar-refractivity contribution is 0.0714. The Bertz CT molecular complexity index is 170. The molecule has 3 heteroatoms. The maximum Gasteiger partial charge on any atom is 0.0620 e. The van der Waals surface area contributed by atoms with Crippen molar-refractivity contribution < 1.29 is 4.74 Å². The van der Waals surface area contributed by atoms with Gasteiger partial charge in [0.05, 0.1) is 19.8 Å². The van der Waals surface area contributed by atoms with Gasteiger partial charge in [0.1, 0.15) is 0 Å². The van der Waals surface area contributed by atoms with E-state index in [-0.39, 0.29) is 0 Å². The highest BCUT2D eigenvalue weighted by Gasteiger charge is 2.15. The summed E-state index contributed by atoms with van der Waals surface area (Å²) in [5, 5.41) is 6.66. The first-order chi connectivity index (χ1) is 6.33. The third-order valence-corrected chi connectivity index (χ3v) is 2.19. The van der Waals surface area contributed by atoms with E-state index in [1.165, 1.54) is 0 Å². The molecule has 13 heavy (non-hydrogen) atoms. The summed E-state index contributed by atoms with van der Waals surface area (Å²) in [4.78, 5) is 0. The summed E-state index contributed by atoms with van der Waals surface area (Å²) in [6, 6.07) is 0.935. The van der Waals surface area contributed by atoms with E-state index >= 15 is 0 Å². The molecule has 1 fully saturated rings. The van der Waals surface area contributed by atoms with Crippen LogP contribution < -0.4 is 10.6 Å². The molecule has 2 N–H and O–H groups in total. The van der Waals surface area contributed by atoms with E-state index in [9.17, 15) is 0 Å². The van der Waals surface area contributed by atoms with E-state index < -0.39 is 0 Å². The Balaban J connectivity index is 2.11. The number of morpholine rings is 1. The molecule has 1 aliphatic rings. The summed E-state index contributed by atoms with van der Waals surface area (Å²) in [6.07, 6.45) is 6.23. The van der Waals surface area contributed by atoms with Crippen molar-refractivity contribution in [3.05, 3.63) is 0 Å². The highest BCUT2D eigenvalue weighted by atomic mass is 16.5. The smallest absolute Gasteiger partial charge is 0.0620 e. The minimum atomic E-state index is 0.454. The first kappa shape index (κ1) is 10.5. The van der Waals surface area contributed by atoms with Crippen molar-refractivity contribution in [2.45, 2.75) is 25.4 Å². The van der Waals surface area contributed by atoms with Crippen LogP contribution in [0.1, 0.15) is 13.3 Å². The van der Waals surface area contributed by atoms with Crippen LogP contribution in [0, 0.1) is 12.3 Å². The number of ether oxygens (including phenoxy) is 1. The van der Waals surface area contributed by atoms with Crippen molar-refractivity contribution in [2.24, 2.45) is 0 Å². The normalized spacial score (nSPS) is 25.1. The van der Waals surface area contributed by atoms with Gasteiger partial charge >= 0.3 is 0 Å². The Hall–Kier alpha value is -0.560. The van der Waals surface area contributed by atoms with Crippen molar-refractivity contribution in [1.29, 1.82) is 0 Å². The summed E-state index contributed by atoms with van der Waals surface area (Å²) in [6.45, 7) is 5.42. The zero-order valence-corrected chi connectivity index (χ0v) is 8.18. The van der Waals surface area contributed by atoms with E-state index in [0.717, 1.165) is 26.2 Å². The maximum atomic E-state index is 5.36. The molecular weight excluding hydrogens is 164 g/mol. The number of nitrogens with one attached hydrogen (secondary N) is 2. The van der Waals surface area contributed by atoms with Crippen molar-refractivity contribution in [3.8, 4) is 12.3 Å². The average Bonchev–Trinajstić information content (AvgIpc) is 2.16. The Kier molecular flexibility index (Phi) is 4.84. The number of hydrogen-bond acceptors (Lipinski definition) is 3. The zero-order chi connectivity index (χ0) is 9.52. The van der Waals surface area contributed by atoms with E-state index in [4.69, 9.17) is 11.2 Å². The molecular formula is C10H18N2O. The van der Waals surface area contributed by atoms with Crippen molar-refractivity contribution in [3.63, 3.8) is 0 Å². The van der Waals surface area contributed by atoms with Gasteiger partial charge in [-0.05, 0) is 13.3 Å². The van der Waals surface area contributed by atoms with Crippen LogP contribution in [-0.2, 0) is 4.74 Å². The van der Waals surface area contributed by atoms with Crippen molar-refractivity contribution >= 4 is 0 Å². The van der Waals surface area contributed by atoms with Crippen LogP contribution in [0.5, 0.6) is 0 Å². The molecule has 0 aromatic heterocycles. The van der Waals surface area contributed by atoms with Crippen LogP contribution in [0.15, 0.2) is 0 Å². The van der Waals surface area contributed by atoms with Gasteiger partial charge in [0.25, 0.3) is 0 Å². The van der Waals surface area contributed by atoms with Crippen LogP contribution in [0.25, 0.3) is 0 Å². The summed E-state index contributed by atoms with van der Waals surface area (Å²) < 4.78 is 5.36. The lowest BCUT2D eigenvalue weighted by Crippen LogP contribution is -2.45. The molecule has 74 valence electrons. The molecule has 2 unspecified atom stereocenters. The fourth-order valence-corrected chi connectivity index (χ4v) is 1.51. The molecule has 0 amide bonds. The first-order valence-electron chi connectivity index (χ1n) is 4.81. The third kappa shape index (κ3) is 4.28. The Morgan fingerprint density at radius 3 is 3.23 bits per heavy atom. The van der Waals surface area contributed by atoms with Crippen molar-refractivity contribution in [2.75, 3.05) is 26.3 Å². The SMILES string of the molecule is C#CCNC(C)CC1COCCN1. The van der Waals surface area contributed by atoms with Crippen LogP contribution >= 0.6 is 0 Å². The number of terminal acetylenes is 1. The first-order valence-corrected chi connectivity index (χ1v) is 4.81. The van der Waals surface area contributed by atoms with Gasteiger partial charge < -0.3 is 15.4 Å². The van der Waals surface area contributed by atoms with Gasteiger partial charge in [0.2, 0.25) is 0 Å². The molecule has 0 aromatic carbocycles. The van der Waals surface area contributed by atoms with E-state index in [0.29, 0.717) is 18.6 Å². The second-order valence-corrected chi connectivity index (χ2v) is 3.45. The van der Waals surface area contributed by atoms with Crippen molar-refractivity contribution in [1.82, 2.24) is 10.6 Å². The molecule has 0 aromatic rings. The molecule has 3 nitrogen and oxygen atoms in total. The van der Waals surface area contributed by atoms with Gasteiger partial charge in [-0.15, -0.1) is 6.42 Å². The van der Waals surface area contributed by atoms with Gasteiger partial charge in [0.15, 0.2) is 0 Å². The summed E-state index contributed by atoms with van der Waals surface area (Å²) in [7, 11) is 0. The van der Waals surface area contributed by atoms with Gasteiger partial charge in [0, 0.05) is 18.6 Å². The molecule has 0 bridgehead atoms. The van der Waals surface area contributed by atoms with E-state index in [1.807, 2.05) is 0 Å². The largest absolute Gasteiger partial charge is 0.379 e. The topological polar surface area (TPSA) is 33.3 Å². The molecule has 1 rings (SSSR count). The van der Waals surface area contributed by atoms with E-state index in [2.05, 4.69) is 23.5 Å². The standard InChI is InChI=1S/C10H18N2O/c1-3-4-11-9(2)7-10-8-13-6-5-12-10/h1,9-12H,4-8H2,2H3. The summed E-state index contributed by atoms with van der Waals surface area (Å²) >= 11 is 0. The highest BCUT2D eigenvalue weighted by Crippen LogP contribution is 2.01. The lowest BCUT2D eigenvalue weighted by atomic mass is 10.1. The Morgan fingerprint density at radius 1 is 1.77 bits per heavy atom. The Labute approximate surface area is 80.2 Å². The minimum Gasteiger partial charge on any atom is -0.379 e. The zero-order valence-electron chi connectivity index (χ0n) is 8.18. The van der Waals surface area contributed by atoms with Crippen LogP contribution in [0.2, 0.25) is 0 Å². The highest BCUT2D eigenvalue weighted by molar-refractivity contribution is 4.88.